The second-order valence-corrected chi connectivity index (χ2v) is 3.42. The molecule has 1 heterocycles. The van der Waals surface area contributed by atoms with Crippen LogP contribution in [0, 0.1) is 0 Å². The first-order chi connectivity index (χ1) is 5.63. The fourth-order valence-corrected chi connectivity index (χ4v) is 0.980. The minimum atomic E-state index is -0.466. The van der Waals surface area contributed by atoms with Gasteiger partial charge in [-0.3, -0.25) is 4.98 Å². The molecule has 4 heteroatoms. The topological polar surface area (TPSA) is 46.0 Å². The third kappa shape index (κ3) is 2.10. The third-order valence-corrected chi connectivity index (χ3v) is 2.23. The Bertz CT molecular complexity index is 452. The molecule has 1 rings (SSSR count). The van der Waals surface area contributed by atoms with E-state index in [0.717, 1.165) is 3.58 Å². The molecule has 0 spiro atoms. The van der Waals surface area contributed by atoms with Crippen LogP contribution in [-0.4, -0.2) is 4.98 Å². The van der Waals surface area contributed by atoms with Crippen LogP contribution in [0.5, 0.6) is 0 Å². The molecule has 0 amide bonds. The van der Waals surface area contributed by atoms with E-state index in [-0.39, 0.29) is 0 Å². The SMILES string of the molecule is C=c1[nH]c(=O)o/c1=C/C(I)=C\C. The Morgan fingerprint density at radius 2 is 2.42 bits per heavy atom. The lowest BCUT2D eigenvalue weighted by molar-refractivity contribution is 0.486. The molecule has 0 fully saturated rings. The Kier molecular flexibility index (Phi) is 2.91. The summed E-state index contributed by atoms with van der Waals surface area (Å²) in [6.45, 7) is 5.53. The van der Waals surface area contributed by atoms with Gasteiger partial charge in [0.2, 0.25) is 0 Å². The van der Waals surface area contributed by atoms with E-state index in [1.165, 1.54) is 0 Å². The quantitative estimate of drug-likeness (QED) is 0.760. The summed E-state index contributed by atoms with van der Waals surface area (Å²) < 4.78 is 5.81. The zero-order chi connectivity index (χ0) is 9.14. The van der Waals surface area contributed by atoms with Gasteiger partial charge in [-0.15, -0.1) is 0 Å². The summed E-state index contributed by atoms with van der Waals surface area (Å²) in [5.74, 6) is -0.466. The Labute approximate surface area is 82.6 Å². The average Bonchev–Trinajstić information content (AvgIpc) is 2.30. The number of aromatic amines is 1. The minimum absolute atomic E-state index is 0.466. The van der Waals surface area contributed by atoms with Crippen molar-refractivity contribution in [2.75, 3.05) is 0 Å². The van der Waals surface area contributed by atoms with Crippen LogP contribution >= 0.6 is 22.6 Å². The molecule has 1 aromatic heterocycles. The summed E-state index contributed by atoms with van der Waals surface area (Å²) in [4.78, 5) is 13.1. The second kappa shape index (κ2) is 3.75. The summed E-state index contributed by atoms with van der Waals surface area (Å²) >= 11 is 2.14. The maximum atomic E-state index is 10.7. The van der Waals surface area contributed by atoms with Crippen molar-refractivity contribution in [3.8, 4) is 0 Å². The van der Waals surface area contributed by atoms with Crippen molar-refractivity contribution in [1.29, 1.82) is 0 Å². The lowest BCUT2D eigenvalue weighted by Crippen LogP contribution is -2.19. The van der Waals surface area contributed by atoms with Crippen molar-refractivity contribution in [3.63, 3.8) is 0 Å². The Morgan fingerprint density at radius 3 is 2.83 bits per heavy atom. The smallest absolute Gasteiger partial charge is 0.408 e. The van der Waals surface area contributed by atoms with Gasteiger partial charge in [-0.25, -0.2) is 4.79 Å². The summed E-state index contributed by atoms with van der Waals surface area (Å²) in [6.07, 6.45) is 3.66. The number of oxazole rings is 1. The van der Waals surface area contributed by atoms with Crippen molar-refractivity contribution >= 4 is 35.2 Å². The Morgan fingerprint density at radius 1 is 1.75 bits per heavy atom. The fourth-order valence-electron chi connectivity index (χ4n) is 0.697. The number of hydrogen-bond acceptors (Lipinski definition) is 2. The van der Waals surface area contributed by atoms with Gasteiger partial charge in [0, 0.05) is 3.58 Å². The summed E-state index contributed by atoms with van der Waals surface area (Å²) in [7, 11) is 0. The van der Waals surface area contributed by atoms with Gasteiger partial charge in [0.25, 0.3) is 0 Å². The number of allylic oxidation sites excluding steroid dienone is 2. The molecule has 1 N–H and O–H groups in total. The van der Waals surface area contributed by atoms with E-state index in [4.69, 9.17) is 4.42 Å². The van der Waals surface area contributed by atoms with Gasteiger partial charge in [-0.2, -0.15) is 0 Å². The van der Waals surface area contributed by atoms with Crippen molar-refractivity contribution < 1.29 is 4.42 Å². The zero-order valence-corrected chi connectivity index (χ0v) is 8.71. The molecule has 0 unspecified atom stereocenters. The molecule has 0 saturated heterocycles. The first-order valence-electron chi connectivity index (χ1n) is 3.35. The van der Waals surface area contributed by atoms with Gasteiger partial charge in [0.05, 0.1) is 5.35 Å². The molecule has 12 heavy (non-hydrogen) atoms. The largest absolute Gasteiger partial charge is 0.417 e. The van der Waals surface area contributed by atoms with Gasteiger partial charge < -0.3 is 4.42 Å². The standard InChI is InChI=1S/C8H8INO2/c1-3-6(9)4-7-5(2)10-8(11)12-7/h3-4H,2H2,1H3,(H,10,11)/b6-3+,7-4+. The van der Waals surface area contributed by atoms with Gasteiger partial charge in [0.1, 0.15) is 0 Å². The first-order valence-corrected chi connectivity index (χ1v) is 4.43. The maximum Gasteiger partial charge on any atom is 0.417 e. The minimum Gasteiger partial charge on any atom is -0.408 e. The van der Waals surface area contributed by atoms with Crippen molar-refractivity contribution in [2.24, 2.45) is 0 Å². The lowest BCUT2D eigenvalue weighted by Gasteiger charge is -1.80. The highest BCUT2D eigenvalue weighted by atomic mass is 127. The summed E-state index contributed by atoms with van der Waals surface area (Å²) in [6, 6.07) is 0. The maximum absolute atomic E-state index is 10.7. The van der Waals surface area contributed by atoms with E-state index >= 15 is 0 Å². The molecule has 0 atom stereocenters. The van der Waals surface area contributed by atoms with Crippen LogP contribution in [0.1, 0.15) is 6.92 Å². The predicted molar refractivity (Wildman–Crippen MR) is 56.3 cm³/mol. The monoisotopic (exact) mass is 277 g/mol. The van der Waals surface area contributed by atoms with E-state index in [0.29, 0.717) is 10.8 Å². The summed E-state index contributed by atoms with van der Waals surface area (Å²) in [5, 5.41) is 0.510. The first kappa shape index (κ1) is 9.31. The fraction of sp³-hybridized carbons (Fsp3) is 0.125. The Balaban J connectivity index is 3.38. The highest BCUT2D eigenvalue weighted by molar-refractivity contribution is 14.1. The molecule has 0 aliphatic heterocycles. The van der Waals surface area contributed by atoms with E-state index < -0.39 is 5.76 Å². The molecule has 1 aromatic rings. The number of hydrogen-bond donors (Lipinski definition) is 1. The molecule has 3 nitrogen and oxygen atoms in total. The van der Waals surface area contributed by atoms with Gasteiger partial charge >= 0.3 is 5.76 Å². The van der Waals surface area contributed by atoms with E-state index in [1.54, 1.807) is 6.08 Å². The number of aromatic nitrogens is 1. The number of nitrogens with one attached hydrogen (secondary N) is 1. The van der Waals surface area contributed by atoms with Crippen LogP contribution in [0.2, 0.25) is 0 Å². The molecule has 64 valence electrons. The average molecular weight is 277 g/mol. The molecular formula is C8H8INO2. The van der Waals surface area contributed by atoms with Crippen LogP contribution in [0.25, 0.3) is 12.7 Å². The molecule has 0 saturated carbocycles. The molecule has 0 bridgehead atoms. The molecule has 0 aliphatic carbocycles. The van der Waals surface area contributed by atoms with Crippen molar-refractivity contribution in [3.05, 3.63) is 31.0 Å². The van der Waals surface area contributed by atoms with Crippen LogP contribution < -0.4 is 16.5 Å². The molecular weight excluding hydrogens is 269 g/mol. The highest BCUT2D eigenvalue weighted by Crippen LogP contribution is 2.04. The van der Waals surface area contributed by atoms with Crippen LogP contribution in [-0.2, 0) is 0 Å². The van der Waals surface area contributed by atoms with Crippen molar-refractivity contribution in [2.45, 2.75) is 6.92 Å². The van der Waals surface area contributed by atoms with E-state index in [9.17, 15) is 4.79 Å². The van der Waals surface area contributed by atoms with E-state index in [2.05, 4.69) is 34.2 Å². The third-order valence-electron chi connectivity index (χ3n) is 1.30. The number of halogens is 1. The van der Waals surface area contributed by atoms with Gasteiger partial charge in [-0.1, -0.05) is 12.7 Å². The van der Waals surface area contributed by atoms with Crippen LogP contribution in [0.3, 0.4) is 0 Å². The molecule has 0 radical (unpaired) electrons. The molecule has 0 aliphatic rings. The Hall–Kier alpha value is -0.780. The van der Waals surface area contributed by atoms with Gasteiger partial charge in [0.15, 0.2) is 5.42 Å². The zero-order valence-electron chi connectivity index (χ0n) is 6.56. The highest BCUT2D eigenvalue weighted by Gasteiger charge is 1.91. The normalized spacial score (nSPS) is 13.8. The van der Waals surface area contributed by atoms with E-state index in [1.807, 2.05) is 13.0 Å². The molecule has 0 aromatic carbocycles. The summed E-state index contributed by atoms with van der Waals surface area (Å²) in [5.41, 5.74) is 0.488. The van der Waals surface area contributed by atoms with Crippen LogP contribution in [0.4, 0.5) is 0 Å². The lowest BCUT2D eigenvalue weighted by atomic mass is 10.4. The number of rotatable bonds is 1. The number of H-pyrrole nitrogens is 1. The second-order valence-electron chi connectivity index (χ2n) is 2.18. The van der Waals surface area contributed by atoms with Crippen LogP contribution in [0.15, 0.2) is 18.9 Å². The van der Waals surface area contributed by atoms with Gasteiger partial charge in [-0.05, 0) is 35.6 Å². The predicted octanol–water partition coefficient (Wildman–Crippen LogP) is 0.497. The van der Waals surface area contributed by atoms with Crippen molar-refractivity contribution in [1.82, 2.24) is 4.98 Å².